The number of hydrogen-bond donors (Lipinski definition) is 0. The minimum absolute atomic E-state index is 0.137. The lowest BCUT2D eigenvalue weighted by Gasteiger charge is -2.23. The van der Waals surface area contributed by atoms with Gasteiger partial charge in [0.15, 0.2) is 0 Å². The van der Waals surface area contributed by atoms with Gasteiger partial charge >= 0.3 is 0 Å². The molecule has 1 aromatic heterocycles. The number of benzene rings is 11. The van der Waals surface area contributed by atoms with Crippen molar-refractivity contribution in [2.75, 3.05) is 0 Å². The lowest BCUT2D eigenvalue weighted by Crippen LogP contribution is -2.15. The third-order valence-corrected chi connectivity index (χ3v) is 16.6. The first-order valence-corrected chi connectivity index (χ1v) is 23.8. The van der Waals surface area contributed by atoms with E-state index in [-0.39, 0.29) is 10.8 Å². The summed E-state index contributed by atoms with van der Waals surface area (Å²) in [7, 11) is 0. The van der Waals surface area contributed by atoms with Crippen molar-refractivity contribution in [3.05, 3.63) is 216 Å². The molecule has 14 rings (SSSR count). The van der Waals surface area contributed by atoms with Gasteiger partial charge in [-0.15, -0.1) is 11.3 Å². The fraction of sp³-hybridized carbons (Fsp3) is 0.0938. The van der Waals surface area contributed by atoms with Crippen LogP contribution in [0.2, 0.25) is 0 Å². The zero-order valence-electron chi connectivity index (χ0n) is 36.9. The van der Waals surface area contributed by atoms with Crippen LogP contribution in [-0.2, 0) is 10.8 Å². The molecule has 0 spiro atoms. The molecule has 0 radical (unpaired) electrons. The van der Waals surface area contributed by atoms with Crippen molar-refractivity contribution >= 4 is 74.6 Å². The van der Waals surface area contributed by atoms with E-state index in [0.29, 0.717) is 0 Å². The molecule has 0 saturated heterocycles. The fourth-order valence-corrected chi connectivity index (χ4v) is 13.7. The van der Waals surface area contributed by atoms with Crippen LogP contribution in [0.1, 0.15) is 49.9 Å². The molecule has 306 valence electrons. The molecule has 0 amide bonds. The van der Waals surface area contributed by atoms with Crippen molar-refractivity contribution in [1.29, 1.82) is 0 Å². The number of rotatable bonds is 3. The highest BCUT2D eigenvalue weighted by Crippen LogP contribution is 2.58. The highest BCUT2D eigenvalue weighted by molar-refractivity contribution is 7.26. The van der Waals surface area contributed by atoms with E-state index >= 15 is 0 Å². The summed E-state index contributed by atoms with van der Waals surface area (Å²) < 4.78 is 2.77. The number of fused-ring (bicyclic) bond motifs is 16. The monoisotopic (exact) mass is 844 g/mol. The molecule has 1 heterocycles. The summed E-state index contributed by atoms with van der Waals surface area (Å²) in [5.41, 5.74) is 18.5. The lowest BCUT2D eigenvalue weighted by atomic mass is 9.79. The topological polar surface area (TPSA) is 0 Å². The van der Waals surface area contributed by atoms with Crippen LogP contribution in [0.25, 0.3) is 119 Å². The van der Waals surface area contributed by atoms with Crippen LogP contribution < -0.4 is 0 Å². The van der Waals surface area contributed by atoms with E-state index in [4.69, 9.17) is 0 Å². The van der Waals surface area contributed by atoms with Gasteiger partial charge < -0.3 is 0 Å². The van der Waals surface area contributed by atoms with Crippen LogP contribution in [-0.4, -0.2) is 0 Å². The molecule has 12 aromatic rings. The van der Waals surface area contributed by atoms with Crippen molar-refractivity contribution in [2.45, 2.75) is 38.5 Å². The minimum atomic E-state index is -0.158. The second-order valence-electron chi connectivity index (χ2n) is 19.5. The van der Waals surface area contributed by atoms with Crippen LogP contribution in [0.15, 0.2) is 194 Å². The molecule has 2 aliphatic carbocycles. The molecule has 1 heteroatoms. The summed E-state index contributed by atoms with van der Waals surface area (Å²) in [6.07, 6.45) is 0. The summed E-state index contributed by atoms with van der Waals surface area (Å²) >= 11 is 1.94. The van der Waals surface area contributed by atoms with Crippen molar-refractivity contribution in [3.8, 4) is 55.6 Å². The smallest absolute Gasteiger partial charge is 0.0437 e. The molecule has 0 bridgehead atoms. The standard InChI is InChI=1S/C64H44S/c1-63(2)53-33-30-40(57-44-19-7-9-21-46(44)58(47-22-10-8-20-45(47)57)43-26-15-17-37-16-5-6-18-41(37)43)35-51(53)42-31-28-39(36-55(42)63)38-29-32-54-52(34-38)59-48-23-11-12-24-49(48)62-60(61(59)64(54,3)4)50-25-13-14-27-56(50)65-62/h5-36H,1-4H3. The summed E-state index contributed by atoms with van der Waals surface area (Å²) in [6, 6.07) is 73.6. The first-order valence-electron chi connectivity index (χ1n) is 23.0. The molecule has 0 saturated carbocycles. The Labute approximate surface area is 383 Å². The van der Waals surface area contributed by atoms with Gasteiger partial charge in [-0.3, -0.25) is 0 Å². The number of hydrogen-bond acceptors (Lipinski definition) is 1. The van der Waals surface area contributed by atoms with Gasteiger partial charge in [-0.25, -0.2) is 0 Å². The maximum atomic E-state index is 2.50. The van der Waals surface area contributed by atoms with Crippen LogP contribution in [0.3, 0.4) is 0 Å². The Morgan fingerprint density at radius 1 is 0.323 bits per heavy atom. The van der Waals surface area contributed by atoms with E-state index in [1.165, 1.54) is 141 Å². The van der Waals surface area contributed by atoms with Gasteiger partial charge in [0, 0.05) is 36.4 Å². The molecule has 0 fully saturated rings. The SMILES string of the molecule is CC1(C)c2ccc(-c3c4ccccc4c(-c4cccc5ccccc45)c4ccccc34)cc2-c2ccc(-c3ccc4c(c3)-c3c(c5c6ccccc6sc5c5ccccc35)C4(C)C)cc21. The normalized spacial score (nSPS) is 14.4. The Bertz CT molecular complexity index is 4000. The zero-order valence-corrected chi connectivity index (χ0v) is 37.7. The largest absolute Gasteiger partial charge is 0.135 e. The molecular weight excluding hydrogens is 801 g/mol. The molecule has 0 aliphatic heterocycles. The Morgan fingerprint density at radius 2 is 0.846 bits per heavy atom. The van der Waals surface area contributed by atoms with Crippen molar-refractivity contribution in [2.24, 2.45) is 0 Å². The zero-order chi connectivity index (χ0) is 43.3. The van der Waals surface area contributed by atoms with Gasteiger partial charge in [-0.1, -0.05) is 198 Å². The van der Waals surface area contributed by atoms with Gasteiger partial charge in [0.05, 0.1) is 0 Å². The average molecular weight is 845 g/mol. The molecule has 11 aromatic carbocycles. The maximum absolute atomic E-state index is 2.50. The fourth-order valence-electron chi connectivity index (χ4n) is 12.4. The Morgan fingerprint density at radius 3 is 1.57 bits per heavy atom. The maximum Gasteiger partial charge on any atom is 0.0437 e. The van der Waals surface area contributed by atoms with Gasteiger partial charge in [0.25, 0.3) is 0 Å². The third-order valence-electron chi connectivity index (χ3n) is 15.4. The number of thiophene rings is 1. The molecule has 0 unspecified atom stereocenters. The first-order chi connectivity index (χ1) is 31.8. The average Bonchev–Trinajstić information content (AvgIpc) is 3.92. The van der Waals surface area contributed by atoms with Crippen LogP contribution in [0.4, 0.5) is 0 Å². The van der Waals surface area contributed by atoms with E-state index in [9.17, 15) is 0 Å². The molecule has 2 aliphatic rings. The second kappa shape index (κ2) is 13.1. The summed E-state index contributed by atoms with van der Waals surface area (Å²) in [6.45, 7) is 9.70. The second-order valence-corrected chi connectivity index (χ2v) is 20.5. The van der Waals surface area contributed by atoms with Crippen molar-refractivity contribution in [1.82, 2.24) is 0 Å². The Hall–Kier alpha value is -7.32. The lowest BCUT2D eigenvalue weighted by molar-refractivity contribution is 0.660. The summed E-state index contributed by atoms with van der Waals surface area (Å²) in [5, 5.41) is 13.2. The van der Waals surface area contributed by atoms with E-state index in [1.807, 2.05) is 11.3 Å². The van der Waals surface area contributed by atoms with Crippen molar-refractivity contribution < 1.29 is 0 Å². The Balaban J connectivity index is 0.928. The minimum Gasteiger partial charge on any atom is -0.135 e. The van der Waals surface area contributed by atoms with Gasteiger partial charge in [-0.2, -0.15) is 0 Å². The summed E-state index contributed by atoms with van der Waals surface area (Å²) in [4.78, 5) is 0. The van der Waals surface area contributed by atoms with Crippen molar-refractivity contribution in [3.63, 3.8) is 0 Å². The molecule has 0 nitrogen and oxygen atoms in total. The highest BCUT2D eigenvalue weighted by Gasteiger charge is 2.40. The van der Waals surface area contributed by atoms with Gasteiger partial charge in [-0.05, 0) is 140 Å². The molecule has 0 N–H and O–H groups in total. The molecule has 65 heavy (non-hydrogen) atoms. The van der Waals surface area contributed by atoms with Gasteiger partial charge in [0.1, 0.15) is 0 Å². The van der Waals surface area contributed by atoms with E-state index in [1.54, 1.807) is 0 Å². The molecular formula is C64H44S. The Kier molecular flexibility index (Phi) is 7.49. The van der Waals surface area contributed by atoms with E-state index in [2.05, 4.69) is 222 Å². The van der Waals surface area contributed by atoms with E-state index in [0.717, 1.165) is 0 Å². The highest BCUT2D eigenvalue weighted by atomic mass is 32.1. The quantitative estimate of drug-likeness (QED) is 0.155. The van der Waals surface area contributed by atoms with Crippen LogP contribution >= 0.6 is 11.3 Å². The predicted molar refractivity (Wildman–Crippen MR) is 281 cm³/mol. The summed E-state index contributed by atoms with van der Waals surface area (Å²) in [5.74, 6) is 0. The predicted octanol–water partition coefficient (Wildman–Crippen LogP) is 18.3. The molecule has 0 atom stereocenters. The van der Waals surface area contributed by atoms with Crippen LogP contribution in [0, 0.1) is 0 Å². The van der Waals surface area contributed by atoms with Gasteiger partial charge in [0.2, 0.25) is 0 Å². The first kappa shape index (κ1) is 37.1. The van der Waals surface area contributed by atoms with Crippen LogP contribution in [0.5, 0.6) is 0 Å². The van der Waals surface area contributed by atoms with E-state index < -0.39 is 0 Å². The third kappa shape index (κ3) is 4.97.